The number of benzene rings is 8. The maximum atomic E-state index is 14.7. The number of carbonyl (C=O) groups is 4. The Morgan fingerprint density at radius 3 is 0.674 bits per heavy atom. The number of esters is 4. The Labute approximate surface area is 542 Å². The van der Waals surface area contributed by atoms with E-state index in [0.717, 1.165) is 73.6 Å². The first kappa shape index (κ1) is 67.2. The quantitative estimate of drug-likeness (QED) is 0.0255. The minimum atomic E-state index is -0.771. The molecule has 0 unspecified atom stereocenters. The van der Waals surface area contributed by atoms with Gasteiger partial charge in [0.1, 0.15) is 46.0 Å². The van der Waals surface area contributed by atoms with E-state index in [9.17, 15) is 39.6 Å². The van der Waals surface area contributed by atoms with E-state index in [-0.39, 0.29) is 68.2 Å². The summed E-state index contributed by atoms with van der Waals surface area (Å²) >= 11 is 0. The third-order valence-corrected chi connectivity index (χ3v) is 18.0. The Kier molecular flexibility index (Phi) is 22.8. The molecule has 0 spiro atoms. The van der Waals surface area contributed by atoms with Gasteiger partial charge in [0.05, 0.1) is 22.3 Å². The van der Waals surface area contributed by atoms with Gasteiger partial charge in [0.2, 0.25) is 0 Å². The molecule has 480 valence electrons. The molecule has 1 aliphatic rings. The minimum Gasteiger partial charge on any atom is -0.508 e. The number of unbranched alkanes of at least 4 members (excludes halogenated alkanes) is 8. The average Bonchev–Trinajstić information content (AvgIpc) is 0.768. The summed E-state index contributed by atoms with van der Waals surface area (Å²) < 4.78 is 26.4. The van der Waals surface area contributed by atoms with Gasteiger partial charge in [-0.25, -0.2) is 19.2 Å². The lowest BCUT2D eigenvalue weighted by Gasteiger charge is -2.30. The lowest BCUT2D eigenvalue weighted by Crippen LogP contribution is -2.18. The summed E-state index contributed by atoms with van der Waals surface area (Å²) in [4.78, 5) is 58.9. The van der Waals surface area contributed by atoms with Crippen molar-refractivity contribution in [2.24, 2.45) is 0 Å². The van der Waals surface area contributed by atoms with Crippen molar-refractivity contribution in [1.29, 1.82) is 0 Å². The van der Waals surface area contributed by atoms with Crippen molar-refractivity contribution in [3.8, 4) is 46.0 Å². The molecule has 4 N–H and O–H groups in total. The SMILES string of the molecule is CCCCC[C@@H]1c2cc(c(O)cc2O)[C@@H](CCCCC)c2cc(c(OC(=O)c3ccc(C)cc3)cc2OC(=O)c2ccc(C)cc2)[C@@H](CCCCC)c2cc(c(O)cc2O)[C@H](CCCCC)c2cc1c(OC(=O)c1ccc(C)cc1)cc2OC(=O)c1ccc(C)cc1. The molecular formula is C80H88O12. The van der Waals surface area contributed by atoms with E-state index >= 15 is 0 Å². The van der Waals surface area contributed by atoms with Crippen LogP contribution in [0.3, 0.4) is 0 Å². The zero-order valence-corrected chi connectivity index (χ0v) is 54.5. The summed E-state index contributed by atoms with van der Waals surface area (Å²) in [6.07, 6.45) is 10.8. The van der Waals surface area contributed by atoms with Crippen molar-refractivity contribution in [2.45, 2.75) is 182 Å². The van der Waals surface area contributed by atoms with Crippen LogP contribution in [0.2, 0.25) is 0 Å². The van der Waals surface area contributed by atoms with E-state index in [0.29, 0.717) is 95.9 Å². The number of phenolic OH excluding ortho intramolecular Hbond substituents is 4. The van der Waals surface area contributed by atoms with E-state index in [1.807, 2.05) is 100 Å². The van der Waals surface area contributed by atoms with E-state index in [1.54, 1.807) is 60.7 Å². The number of fused-ring (bicyclic) bond motifs is 8. The summed E-state index contributed by atoms with van der Waals surface area (Å²) in [6.45, 7) is 16.1. The third-order valence-electron chi connectivity index (χ3n) is 18.0. The molecule has 0 aliphatic heterocycles. The van der Waals surface area contributed by atoms with E-state index < -0.39 is 47.5 Å². The molecule has 0 fully saturated rings. The van der Waals surface area contributed by atoms with Gasteiger partial charge in [-0.2, -0.15) is 0 Å². The second-order valence-electron chi connectivity index (χ2n) is 25.0. The number of phenols is 4. The number of hydrogen-bond acceptors (Lipinski definition) is 12. The third kappa shape index (κ3) is 16.1. The van der Waals surface area contributed by atoms with Crippen LogP contribution in [0.1, 0.15) is 262 Å². The molecule has 12 heteroatoms. The van der Waals surface area contributed by atoms with Gasteiger partial charge in [0, 0.05) is 92.4 Å². The molecule has 1 aliphatic carbocycles. The van der Waals surface area contributed by atoms with E-state index in [2.05, 4.69) is 27.7 Å². The first-order chi connectivity index (χ1) is 44.4. The Morgan fingerprint density at radius 2 is 0.478 bits per heavy atom. The van der Waals surface area contributed by atoms with Crippen molar-refractivity contribution >= 4 is 23.9 Å². The fourth-order valence-electron chi connectivity index (χ4n) is 12.7. The average molecular weight is 1240 g/mol. The highest BCUT2D eigenvalue weighted by atomic mass is 16.6. The summed E-state index contributed by atoms with van der Waals surface area (Å²) in [5.41, 5.74) is 8.33. The van der Waals surface area contributed by atoms with Crippen LogP contribution in [0.4, 0.5) is 0 Å². The van der Waals surface area contributed by atoms with Gasteiger partial charge in [0.25, 0.3) is 0 Å². The van der Waals surface area contributed by atoms with Crippen molar-refractivity contribution in [1.82, 2.24) is 0 Å². The molecule has 8 aromatic rings. The fourth-order valence-corrected chi connectivity index (χ4v) is 12.7. The fraction of sp³-hybridized carbons (Fsp3) is 0.350. The molecule has 0 aromatic heterocycles. The molecule has 92 heavy (non-hydrogen) atoms. The molecule has 12 nitrogen and oxygen atoms in total. The molecule has 9 rings (SSSR count). The largest absolute Gasteiger partial charge is 0.508 e. The molecule has 8 bridgehead atoms. The number of carbonyl (C=O) groups excluding carboxylic acids is 4. The summed E-state index contributed by atoms with van der Waals surface area (Å²) in [5.74, 6) is -6.46. The number of aryl methyl sites for hydroxylation is 4. The zero-order chi connectivity index (χ0) is 65.6. The lowest BCUT2D eigenvalue weighted by molar-refractivity contribution is 0.0710. The van der Waals surface area contributed by atoms with E-state index in [4.69, 9.17) is 18.9 Å². The lowest BCUT2D eigenvalue weighted by atomic mass is 9.76. The smallest absolute Gasteiger partial charge is 0.343 e. The Morgan fingerprint density at radius 1 is 0.283 bits per heavy atom. The second-order valence-corrected chi connectivity index (χ2v) is 25.0. The second kappa shape index (κ2) is 31.2. The van der Waals surface area contributed by atoms with Gasteiger partial charge in [0.15, 0.2) is 0 Å². The van der Waals surface area contributed by atoms with Crippen LogP contribution in [-0.4, -0.2) is 44.3 Å². The number of ether oxygens (including phenoxy) is 4. The van der Waals surface area contributed by atoms with Crippen molar-refractivity contribution in [3.05, 3.63) is 235 Å². The number of hydrogen-bond donors (Lipinski definition) is 4. The Hall–Kier alpha value is -9.16. The molecule has 0 heterocycles. The van der Waals surface area contributed by atoms with Gasteiger partial charge in [-0.15, -0.1) is 0 Å². The molecule has 0 saturated carbocycles. The predicted octanol–water partition coefficient (Wildman–Crippen LogP) is 19.8. The van der Waals surface area contributed by atoms with Crippen molar-refractivity contribution < 1.29 is 58.6 Å². The molecule has 4 atom stereocenters. The van der Waals surface area contributed by atoms with Crippen molar-refractivity contribution in [3.63, 3.8) is 0 Å². The summed E-state index contributed by atoms with van der Waals surface area (Å²) in [5, 5.41) is 50.6. The summed E-state index contributed by atoms with van der Waals surface area (Å²) in [6, 6.07) is 41.3. The van der Waals surface area contributed by atoms with Crippen LogP contribution < -0.4 is 18.9 Å². The molecule has 0 saturated heterocycles. The predicted molar refractivity (Wildman–Crippen MR) is 361 cm³/mol. The van der Waals surface area contributed by atoms with Gasteiger partial charge in [-0.3, -0.25) is 0 Å². The molecule has 8 aromatic carbocycles. The van der Waals surface area contributed by atoms with Gasteiger partial charge in [-0.1, -0.05) is 176 Å². The summed E-state index contributed by atoms with van der Waals surface area (Å²) in [7, 11) is 0. The first-order valence-electron chi connectivity index (χ1n) is 33.0. The molecule has 0 amide bonds. The molecular weight excluding hydrogens is 1150 g/mol. The van der Waals surface area contributed by atoms with Crippen LogP contribution in [0, 0.1) is 27.7 Å². The highest BCUT2D eigenvalue weighted by molar-refractivity contribution is 5.94. The standard InChI is InChI=1S/C80H88O12/c1-9-13-17-21-57-61-41-62(70(82)45-69(61)81)58(22-18-14-10-2)67-44-68(76(92-80(88)56-39-31-52(8)32-40-56)48-75(67)91-79(87)55-37-29-51(7)30-38-55)60(24-20-16-12-4)64-42-63(71(83)46-72(64)84)59(23-19-15-11-3)66-43-65(57)73(89-77(85)53-33-25-49(5)26-34-53)47-74(66)90-78(86)54-35-27-50(6)28-36-54/h25-48,57-60,81-84H,9-24H2,1-8H3/t57-,58-,59+,60+. The number of aromatic hydroxyl groups is 4. The highest BCUT2D eigenvalue weighted by Crippen LogP contribution is 2.54. The Balaban J connectivity index is 1.44. The van der Waals surface area contributed by atoms with Crippen LogP contribution >= 0.6 is 0 Å². The first-order valence-corrected chi connectivity index (χ1v) is 33.0. The van der Waals surface area contributed by atoms with Gasteiger partial charge >= 0.3 is 23.9 Å². The van der Waals surface area contributed by atoms with Gasteiger partial charge in [-0.05, 0) is 126 Å². The Bertz CT molecular complexity index is 3390. The van der Waals surface area contributed by atoms with Crippen LogP contribution in [0.25, 0.3) is 0 Å². The van der Waals surface area contributed by atoms with E-state index in [1.165, 1.54) is 12.1 Å². The maximum absolute atomic E-state index is 14.7. The number of rotatable bonds is 24. The van der Waals surface area contributed by atoms with Crippen LogP contribution in [0.5, 0.6) is 46.0 Å². The topological polar surface area (TPSA) is 186 Å². The van der Waals surface area contributed by atoms with Crippen LogP contribution in [-0.2, 0) is 0 Å². The minimum absolute atomic E-state index is 0.0619. The van der Waals surface area contributed by atoms with Gasteiger partial charge < -0.3 is 39.4 Å². The maximum Gasteiger partial charge on any atom is 0.343 e. The van der Waals surface area contributed by atoms with Crippen molar-refractivity contribution in [2.75, 3.05) is 0 Å². The normalized spacial score (nSPS) is 15.1. The van der Waals surface area contributed by atoms with Crippen LogP contribution in [0.15, 0.2) is 146 Å². The highest BCUT2D eigenvalue weighted by Gasteiger charge is 2.36. The molecule has 0 radical (unpaired) electrons. The monoisotopic (exact) mass is 1240 g/mol. The zero-order valence-electron chi connectivity index (χ0n) is 54.5.